The highest BCUT2D eigenvalue weighted by molar-refractivity contribution is 5.94. The van der Waals surface area contributed by atoms with Crippen LogP contribution >= 0.6 is 0 Å². The largest absolute Gasteiger partial charge is 0.508 e. The van der Waals surface area contributed by atoms with Crippen molar-refractivity contribution < 1.29 is 15.0 Å². The van der Waals surface area contributed by atoms with Gasteiger partial charge in [-0.05, 0) is 60.5 Å². The Balaban J connectivity index is 1.64. The van der Waals surface area contributed by atoms with Crippen molar-refractivity contribution in [3.05, 3.63) is 84.2 Å². The van der Waals surface area contributed by atoms with Gasteiger partial charge in [-0.15, -0.1) is 0 Å². The van der Waals surface area contributed by atoms with Crippen LogP contribution in [0.1, 0.15) is 15.9 Å². The molecule has 0 radical (unpaired) electrons. The molecule has 3 N–H and O–H groups in total. The Morgan fingerprint density at radius 1 is 1.00 bits per heavy atom. The summed E-state index contributed by atoms with van der Waals surface area (Å²) in [6, 6.07) is 17.5. The second-order valence-electron chi connectivity index (χ2n) is 5.86. The zero-order valence-corrected chi connectivity index (χ0v) is 13.7. The molecule has 0 unspecified atom stereocenters. The summed E-state index contributed by atoms with van der Waals surface area (Å²) in [5.74, 6) is -0.0343. The molecule has 0 saturated carbocycles. The summed E-state index contributed by atoms with van der Waals surface area (Å²) in [4.78, 5) is 12.4. The fourth-order valence-electron chi connectivity index (χ4n) is 2.64. The van der Waals surface area contributed by atoms with Gasteiger partial charge >= 0.3 is 0 Å². The van der Waals surface area contributed by atoms with Crippen LogP contribution < -0.4 is 5.32 Å². The highest BCUT2D eigenvalue weighted by Gasteiger charge is 2.14. The van der Waals surface area contributed by atoms with Gasteiger partial charge in [-0.3, -0.25) is 4.79 Å². The fourth-order valence-corrected chi connectivity index (χ4v) is 2.64. The van der Waals surface area contributed by atoms with Crippen LogP contribution in [0, 0.1) is 0 Å². The predicted octanol–water partition coefficient (Wildman–Crippen LogP) is 2.52. The van der Waals surface area contributed by atoms with E-state index in [2.05, 4.69) is 5.32 Å². The van der Waals surface area contributed by atoms with Crippen LogP contribution in [0.4, 0.5) is 0 Å². The number of carbonyl (C=O) groups excluding carboxylic acids is 1. The third-order valence-electron chi connectivity index (χ3n) is 4.01. The third kappa shape index (κ3) is 4.28. The predicted molar refractivity (Wildman–Crippen MR) is 95.9 cm³/mol. The number of aromatic nitrogens is 1. The van der Waals surface area contributed by atoms with Crippen LogP contribution in [0.25, 0.3) is 5.69 Å². The van der Waals surface area contributed by atoms with Gasteiger partial charge in [0.05, 0.1) is 12.6 Å². The Bertz CT molecular complexity index is 809. The van der Waals surface area contributed by atoms with E-state index in [4.69, 9.17) is 0 Å². The first-order chi connectivity index (χ1) is 12.2. The normalized spacial score (nSPS) is 11.9. The molecule has 128 valence electrons. The van der Waals surface area contributed by atoms with E-state index in [0.717, 1.165) is 11.3 Å². The zero-order valence-electron chi connectivity index (χ0n) is 13.7. The van der Waals surface area contributed by atoms with Gasteiger partial charge in [-0.2, -0.15) is 0 Å². The molecule has 0 aliphatic carbocycles. The SMILES string of the molecule is O=C(N[C@H](CO)Cc1ccc(O)cc1)c1ccc(-n2cccc2)cc1. The van der Waals surface area contributed by atoms with Crippen LogP contribution in [0.5, 0.6) is 5.75 Å². The van der Waals surface area contributed by atoms with Gasteiger partial charge < -0.3 is 20.1 Å². The number of carbonyl (C=O) groups is 1. The molecule has 3 aromatic rings. The van der Waals surface area contributed by atoms with Gasteiger partial charge in [0.1, 0.15) is 5.75 Å². The average molecular weight is 336 g/mol. The lowest BCUT2D eigenvalue weighted by Crippen LogP contribution is -2.39. The first kappa shape index (κ1) is 16.8. The van der Waals surface area contributed by atoms with Crippen LogP contribution in [0.15, 0.2) is 73.1 Å². The van der Waals surface area contributed by atoms with Gasteiger partial charge in [0, 0.05) is 23.6 Å². The lowest BCUT2D eigenvalue weighted by Gasteiger charge is -2.16. The van der Waals surface area contributed by atoms with Crippen LogP contribution in [0.2, 0.25) is 0 Å². The summed E-state index contributed by atoms with van der Waals surface area (Å²) >= 11 is 0. The van der Waals surface area contributed by atoms with Gasteiger partial charge in [-0.1, -0.05) is 12.1 Å². The number of nitrogens with one attached hydrogen (secondary N) is 1. The molecule has 0 bridgehead atoms. The number of hydrogen-bond acceptors (Lipinski definition) is 3. The molecular formula is C20H20N2O3. The average Bonchev–Trinajstić information content (AvgIpc) is 3.17. The highest BCUT2D eigenvalue weighted by atomic mass is 16.3. The number of phenolic OH excluding ortho intramolecular Hbond substituents is 1. The summed E-state index contributed by atoms with van der Waals surface area (Å²) in [5, 5.41) is 21.7. The second kappa shape index (κ2) is 7.68. The molecule has 1 atom stereocenters. The Morgan fingerprint density at radius 3 is 2.24 bits per heavy atom. The Hall–Kier alpha value is -3.05. The molecule has 0 saturated heterocycles. The minimum absolute atomic E-state index is 0.159. The molecule has 1 aromatic heterocycles. The lowest BCUT2D eigenvalue weighted by atomic mass is 10.1. The second-order valence-corrected chi connectivity index (χ2v) is 5.86. The summed E-state index contributed by atoms with van der Waals surface area (Å²) in [6.45, 7) is -0.159. The quantitative estimate of drug-likeness (QED) is 0.647. The number of aliphatic hydroxyl groups is 1. The molecule has 5 heteroatoms. The Morgan fingerprint density at radius 2 is 1.64 bits per heavy atom. The van der Waals surface area contributed by atoms with Crippen molar-refractivity contribution in [3.63, 3.8) is 0 Å². The smallest absolute Gasteiger partial charge is 0.251 e. The molecule has 1 heterocycles. The Kier molecular flexibility index (Phi) is 5.16. The third-order valence-corrected chi connectivity index (χ3v) is 4.01. The summed E-state index contributed by atoms with van der Waals surface area (Å²) in [5.41, 5.74) is 2.45. The van der Waals surface area contributed by atoms with Crippen molar-refractivity contribution in [2.45, 2.75) is 12.5 Å². The topological polar surface area (TPSA) is 74.5 Å². The molecule has 3 rings (SSSR count). The monoisotopic (exact) mass is 336 g/mol. The molecule has 0 fully saturated rings. The Labute approximate surface area is 146 Å². The first-order valence-corrected chi connectivity index (χ1v) is 8.09. The molecule has 0 aliphatic heterocycles. The molecule has 5 nitrogen and oxygen atoms in total. The minimum Gasteiger partial charge on any atom is -0.508 e. The van der Waals surface area contributed by atoms with E-state index in [9.17, 15) is 15.0 Å². The van der Waals surface area contributed by atoms with E-state index in [0.29, 0.717) is 12.0 Å². The molecular weight excluding hydrogens is 316 g/mol. The van der Waals surface area contributed by atoms with Crippen LogP contribution in [-0.2, 0) is 6.42 Å². The fraction of sp³-hybridized carbons (Fsp3) is 0.150. The molecule has 1 amide bonds. The number of nitrogens with zero attached hydrogens (tertiary/aromatic N) is 1. The summed E-state index contributed by atoms with van der Waals surface area (Å²) in [6.07, 6.45) is 4.37. The van der Waals surface area contributed by atoms with Gasteiger partial charge in [0.25, 0.3) is 5.91 Å². The van der Waals surface area contributed by atoms with Crippen molar-refractivity contribution in [1.29, 1.82) is 0 Å². The van der Waals surface area contributed by atoms with Gasteiger partial charge in [0.2, 0.25) is 0 Å². The van der Waals surface area contributed by atoms with Crippen molar-refractivity contribution in [2.75, 3.05) is 6.61 Å². The van der Waals surface area contributed by atoms with Crippen molar-refractivity contribution in [2.24, 2.45) is 0 Å². The molecule has 0 spiro atoms. The van der Waals surface area contributed by atoms with E-state index >= 15 is 0 Å². The van der Waals surface area contributed by atoms with E-state index in [1.54, 1.807) is 36.4 Å². The van der Waals surface area contributed by atoms with Crippen molar-refractivity contribution in [1.82, 2.24) is 9.88 Å². The molecule has 25 heavy (non-hydrogen) atoms. The number of phenols is 1. The van der Waals surface area contributed by atoms with Crippen molar-refractivity contribution >= 4 is 5.91 Å². The molecule has 0 aliphatic rings. The first-order valence-electron chi connectivity index (χ1n) is 8.09. The zero-order chi connectivity index (χ0) is 17.6. The number of amides is 1. The maximum absolute atomic E-state index is 12.4. The number of benzene rings is 2. The number of aromatic hydroxyl groups is 1. The summed E-state index contributed by atoms with van der Waals surface area (Å²) < 4.78 is 1.96. The van der Waals surface area contributed by atoms with E-state index < -0.39 is 0 Å². The highest BCUT2D eigenvalue weighted by Crippen LogP contribution is 2.13. The maximum Gasteiger partial charge on any atom is 0.251 e. The van der Waals surface area contributed by atoms with Gasteiger partial charge in [0.15, 0.2) is 0 Å². The van der Waals surface area contributed by atoms with E-state index in [1.807, 2.05) is 41.2 Å². The minimum atomic E-state index is -0.388. The van der Waals surface area contributed by atoms with E-state index in [1.165, 1.54) is 0 Å². The lowest BCUT2D eigenvalue weighted by molar-refractivity contribution is 0.0916. The van der Waals surface area contributed by atoms with Gasteiger partial charge in [-0.25, -0.2) is 0 Å². The standard InChI is InChI=1S/C20H20N2O3/c23-14-17(13-15-3-9-19(24)10-4-15)21-20(25)16-5-7-18(8-6-16)22-11-1-2-12-22/h1-12,17,23-24H,13-14H2,(H,21,25)/t17-/m0/s1. The maximum atomic E-state index is 12.4. The number of rotatable bonds is 6. The van der Waals surface area contributed by atoms with Crippen LogP contribution in [0.3, 0.4) is 0 Å². The van der Waals surface area contributed by atoms with Crippen LogP contribution in [-0.4, -0.2) is 33.3 Å². The van der Waals surface area contributed by atoms with Crippen molar-refractivity contribution in [3.8, 4) is 11.4 Å². The number of hydrogen-bond donors (Lipinski definition) is 3. The van der Waals surface area contributed by atoms with E-state index in [-0.39, 0.29) is 24.3 Å². The molecule has 2 aromatic carbocycles. The summed E-state index contributed by atoms with van der Waals surface area (Å²) in [7, 11) is 0. The number of aliphatic hydroxyl groups excluding tert-OH is 1.